The largest absolute Gasteiger partial charge is 0.354 e. The molecule has 6 nitrogen and oxygen atoms in total. The fourth-order valence-electron chi connectivity index (χ4n) is 1.89. The highest BCUT2D eigenvalue weighted by atomic mass is 16.2. The molecule has 0 saturated carbocycles. The standard InChI is InChI=1S/C11H19N5O/c1-16-8-9(6-15-16)2-3-14-11(17)10-7-12-4-5-13-10/h6,8,10,12-13H,2-5,7H2,1H3,(H,14,17). The summed E-state index contributed by atoms with van der Waals surface area (Å²) in [6.07, 6.45) is 4.61. The molecule has 17 heavy (non-hydrogen) atoms. The molecule has 1 fully saturated rings. The van der Waals surface area contributed by atoms with Crippen molar-refractivity contribution >= 4 is 5.91 Å². The Morgan fingerprint density at radius 1 is 1.65 bits per heavy atom. The molecule has 1 aliphatic heterocycles. The van der Waals surface area contributed by atoms with Crippen LogP contribution >= 0.6 is 0 Å². The van der Waals surface area contributed by atoms with Crippen molar-refractivity contribution in [2.45, 2.75) is 12.5 Å². The number of carbonyl (C=O) groups is 1. The zero-order valence-electron chi connectivity index (χ0n) is 10.1. The second-order valence-corrected chi connectivity index (χ2v) is 4.27. The van der Waals surface area contributed by atoms with Crippen LogP contribution in [0, 0.1) is 0 Å². The van der Waals surface area contributed by atoms with Crippen molar-refractivity contribution in [3.05, 3.63) is 18.0 Å². The number of hydrogen-bond acceptors (Lipinski definition) is 4. The van der Waals surface area contributed by atoms with Gasteiger partial charge in [-0.05, 0) is 12.0 Å². The monoisotopic (exact) mass is 237 g/mol. The lowest BCUT2D eigenvalue weighted by atomic mass is 10.2. The highest BCUT2D eigenvalue weighted by Gasteiger charge is 2.19. The van der Waals surface area contributed by atoms with Gasteiger partial charge in [0.2, 0.25) is 5.91 Å². The minimum atomic E-state index is -0.0994. The summed E-state index contributed by atoms with van der Waals surface area (Å²) in [5.74, 6) is 0.0705. The smallest absolute Gasteiger partial charge is 0.238 e. The number of piperazine rings is 1. The van der Waals surface area contributed by atoms with Gasteiger partial charge in [0.05, 0.1) is 12.2 Å². The molecule has 2 rings (SSSR count). The van der Waals surface area contributed by atoms with Crippen molar-refractivity contribution in [3.63, 3.8) is 0 Å². The molecule has 0 aromatic carbocycles. The first-order chi connectivity index (χ1) is 8.25. The quantitative estimate of drug-likeness (QED) is 0.605. The molecule has 0 aliphatic carbocycles. The van der Waals surface area contributed by atoms with Gasteiger partial charge in [0.15, 0.2) is 0 Å². The maximum atomic E-state index is 11.8. The van der Waals surface area contributed by atoms with E-state index in [9.17, 15) is 4.79 Å². The number of amides is 1. The average molecular weight is 237 g/mol. The van der Waals surface area contributed by atoms with Gasteiger partial charge in [0.25, 0.3) is 0 Å². The second kappa shape index (κ2) is 5.79. The lowest BCUT2D eigenvalue weighted by Crippen LogP contribution is -2.55. The maximum absolute atomic E-state index is 11.8. The van der Waals surface area contributed by atoms with Crippen molar-refractivity contribution in [1.82, 2.24) is 25.7 Å². The predicted octanol–water partition coefficient (Wildman–Crippen LogP) is -1.36. The van der Waals surface area contributed by atoms with Crippen LogP contribution in [0.4, 0.5) is 0 Å². The number of nitrogens with zero attached hydrogens (tertiary/aromatic N) is 2. The number of aromatic nitrogens is 2. The van der Waals surface area contributed by atoms with E-state index in [1.54, 1.807) is 4.68 Å². The van der Waals surface area contributed by atoms with Crippen molar-refractivity contribution in [2.75, 3.05) is 26.2 Å². The predicted molar refractivity (Wildman–Crippen MR) is 64.6 cm³/mol. The summed E-state index contributed by atoms with van der Waals surface area (Å²) in [5.41, 5.74) is 1.14. The van der Waals surface area contributed by atoms with E-state index in [-0.39, 0.29) is 11.9 Å². The average Bonchev–Trinajstić information content (AvgIpc) is 2.76. The van der Waals surface area contributed by atoms with Crippen LogP contribution in [0.3, 0.4) is 0 Å². The molecular formula is C11H19N5O. The molecule has 94 valence electrons. The summed E-state index contributed by atoms with van der Waals surface area (Å²) >= 11 is 0. The van der Waals surface area contributed by atoms with Gasteiger partial charge in [-0.25, -0.2) is 0 Å². The van der Waals surface area contributed by atoms with E-state index in [0.29, 0.717) is 13.1 Å². The van der Waals surface area contributed by atoms with Gasteiger partial charge in [-0.1, -0.05) is 0 Å². The Bertz CT molecular complexity index is 370. The van der Waals surface area contributed by atoms with Gasteiger partial charge in [-0.15, -0.1) is 0 Å². The molecule has 0 bridgehead atoms. The number of rotatable bonds is 4. The van der Waals surface area contributed by atoms with Crippen molar-refractivity contribution in [3.8, 4) is 0 Å². The summed E-state index contributed by atoms with van der Waals surface area (Å²) in [6.45, 7) is 3.14. The molecule has 1 aliphatic rings. The highest BCUT2D eigenvalue weighted by Crippen LogP contribution is 1.96. The summed E-state index contributed by atoms with van der Waals surface area (Å²) in [7, 11) is 1.89. The Labute approximate surface area is 101 Å². The summed E-state index contributed by atoms with van der Waals surface area (Å²) in [5, 5.41) is 13.4. The van der Waals surface area contributed by atoms with Crippen LogP contribution in [-0.2, 0) is 18.3 Å². The first-order valence-electron chi connectivity index (χ1n) is 5.95. The summed E-state index contributed by atoms with van der Waals surface area (Å²) < 4.78 is 1.77. The van der Waals surface area contributed by atoms with E-state index in [2.05, 4.69) is 21.0 Å². The molecule has 1 aromatic heterocycles. The van der Waals surface area contributed by atoms with Gasteiger partial charge in [-0.3, -0.25) is 9.48 Å². The van der Waals surface area contributed by atoms with Crippen molar-refractivity contribution in [1.29, 1.82) is 0 Å². The summed E-state index contributed by atoms with van der Waals surface area (Å²) in [4.78, 5) is 11.8. The molecule has 0 radical (unpaired) electrons. The third kappa shape index (κ3) is 3.54. The molecule has 2 heterocycles. The normalized spacial score (nSPS) is 20.2. The number of aryl methyl sites for hydroxylation is 1. The summed E-state index contributed by atoms with van der Waals surface area (Å²) in [6, 6.07) is -0.0994. The molecule has 1 amide bonds. The van der Waals surface area contributed by atoms with E-state index in [1.165, 1.54) is 0 Å². The van der Waals surface area contributed by atoms with Crippen molar-refractivity contribution in [2.24, 2.45) is 7.05 Å². The topological polar surface area (TPSA) is 71.0 Å². The lowest BCUT2D eigenvalue weighted by molar-refractivity contribution is -0.123. The molecule has 0 spiro atoms. The number of carbonyl (C=O) groups excluding carboxylic acids is 1. The van der Waals surface area contributed by atoms with Crippen LogP contribution in [0.25, 0.3) is 0 Å². The molecule has 1 saturated heterocycles. The van der Waals surface area contributed by atoms with Gasteiger partial charge in [0.1, 0.15) is 0 Å². The van der Waals surface area contributed by atoms with Gasteiger partial charge in [0, 0.05) is 39.4 Å². The Morgan fingerprint density at radius 3 is 3.18 bits per heavy atom. The maximum Gasteiger partial charge on any atom is 0.238 e. The molecule has 6 heteroatoms. The first-order valence-corrected chi connectivity index (χ1v) is 5.95. The third-order valence-corrected chi connectivity index (χ3v) is 2.83. The fraction of sp³-hybridized carbons (Fsp3) is 0.636. The third-order valence-electron chi connectivity index (χ3n) is 2.83. The molecule has 3 N–H and O–H groups in total. The Morgan fingerprint density at radius 2 is 2.53 bits per heavy atom. The van der Waals surface area contributed by atoms with E-state index in [4.69, 9.17) is 0 Å². The molecule has 1 atom stereocenters. The SMILES string of the molecule is Cn1cc(CCNC(=O)C2CNCCN2)cn1. The molecular weight excluding hydrogens is 218 g/mol. The number of hydrogen-bond donors (Lipinski definition) is 3. The number of nitrogens with one attached hydrogen (secondary N) is 3. The van der Waals surface area contributed by atoms with Crippen LogP contribution < -0.4 is 16.0 Å². The zero-order chi connectivity index (χ0) is 12.1. The minimum absolute atomic E-state index is 0.0705. The van der Waals surface area contributed by atoms with Gasteiger partial charge in [-0.2, -0.15) is 5.10 Å². The minimum Gasteiger partial charge on any atom is -0.354 e. The van der Waals surface area contributed by atoms with E-state index < -0.39 is 0 Å². The van der Waals surface area contributed by atoms with Gasteiger partial charge >= 0.3 is 0 Å². The Kier molecular flexibility index (Phi) is 4.11. The molecule has 1 unspecified atom stereocenters. The van der Waals surface area contributed by atoms with Crippen LogP contribution in [0.1, 0.15) is 5.56 Å². The van der Waals surface area contributed by atoms with Gasteiger partial charge < -0.3 is 16.0 Å². The lowest BCUT2D eigenvalue weighted by Gasteiger charge is -2.23. The Hall–Kier alpha value is -1.40. The van der Waals surface area contributed by atoms with Crippen LogP contribution in [0.2, 0.25) is 0 Å². The van der Waals surface area contributed by atoms with Crippen LogP contribution in [0.5, 0.6) is 0 Å². The van der Waals surface area contributed by atoms with Crippen LogP contribution in [-0.4, -0.2) is 47.9 Å². The highest BCUT2D eigenvalue weighted by molar-refractivity contribution is 5.82. The molecule has 1 aromatic rings. The fourth-order valence-corrected chi connectivity index (χ4v) is 1.89. The van der Waals surface area contributed by atoms with Crippen molar-refractivity contribution < 1.29 is 4.79 Å². The van der Waals surface area contributed by atoms with E-state index >= 15 is 0 Å². The first kappa shape index (κ1) is 12.1. The second-order valence-electron chi connectivity index (χ2n) is 4.27. The van der Waals surface area contributed by atoms with E-state index in [1.807, 2.05) is 19.4 Å². The van der Waals surface area contributed by atoms with Crippen LogP contribution in [0.15, 0.2) is 12.4 Å². The van der Waals surface area contributed by atoms with E-state index in [0.717, 1.165) is 25.1 Å². The Balaban J connectivity index is 1.69. The zero-order valence-corrected chi connectivity index (χ0v) is 10.1.